The summed E-state index contributed by atoms with van der Waals surface area (Å²) in [6.07, 6.45) is 4.78. The maximum atomic E-state index is 12.2. The quantitative estimate of drug-likeness (QED) is 0.853. The summed E-state index contributed by atoms with van der Waals surface area (Å²) in [6, 6.07) is 1.86. The molecular formula is C14H21N3O3. The number of amides is 1. The van der Waals surface area contributed by atoms with Crippen molar-refractivity contribution in [2.45, 2.75) is 45.7 Å². The van der Waals surface area contributed by atoms with Gasteiger partial charge in [0.1, 0.15) is 0 Å². The SMILES string of the molecule is CCn1nccc1CNC(=O)C1CCCCC1C(=O)O. The molecule has 1 aromatic rings. The van der Waals surface area contributed by atoms with Crippen LogP contribution in [0.4, 0.5) is 0 Å². The molecule has 1 heterocycles. The van der Waals surface area contributed by atoms with E-state index < -0.39 is 17.8 Å². The average Bonchev–Trinajstić information content (AvgIpc) is 2.92. The molecule has 0 bridgehead atoms. The summed E-state index contributed by atoms with van der Waals surface area (Å²) in [4.78, 5) is 23.4. The van der Waals surface area contributed by atoms with Crippen LogP contribution < -0.4 is 5.32 Å². The van der Waals surface area contributed by atoms with Crippen molar-refractivity contribution in [3.63, 3.8) is 0 Å². The van der Waals surface area contributed by atoms with Crippen LogP contribution in [0.3, 0.4) is 0 Å². The second-order valence-corrected chi connectivity index (χ2v) is 5.19. The van der Waals surface area contributed by atoms with Crippen LogP contribution in [0.15, 0.2) is 12.3 Å². The molecule has 2 N–H and O–H groups in total. The van der Waals surface area contributed by atoms with E-state index in [0.29, 0.717) is 19.4 Å². The smallest absolute Gasteiger partial charge is 0.307 e. The minimum atomic E-state index is -0.858. The standard InChI is InChI=1S/C14H21N3O3/c1-2-17-10(7-8-16-17)9-15-13(18)11-5-3-4-6-12(11)14(19)20/h7-8,11-12H,2-6,9H2,1H3,(H,15,18)(H,19,20). The molecule has 0 saturated heterocycles. The van der Waals surface area contributed by atoms with Crippen LogP contribution in [0.5, 0.6) is 0 Å². The van der Waals surface area contributed by atoms with Gasteiger partial charge in [-0.25, -0.2) is 0 Å². The Morgan fingerprint density at radius 2 is 2.10 bits per heavy atom. The van der Waals surface area contributed by atoms with Crippen molar-refractivity contribution in [2.24, 2.45) is 11.8 Å². The van der Waals surface area contributed by atoms with Crippen LogP contribution in [-0.4, -0.2) is 26.8 Å². The predicted molar refractivity (Wildman–Crippen MR) is 72.8 cm³/mol. The van der Waals surface area contributed by atoms with Crippen molar-refractivity contribution in [1.82, 2.24) is 15.1 Å². The molecule has 2 unspecified atom stereocenters. The van der Waals surface area contributed by atoms with Crippen molar-refractivity contribution >= 4 is 11.9 Å². The second kappa shape index (κ2) is 6.54. The molecule has 0 radical (unpaired) electrons. The molecule has 0 spiro atoms. The van der Waals surface area contributed by atoms with Gasteiger partial charge in [0.25, 0.3) is 0 Å². The van der Waals surface area contributed by atoms with Gasteiger partial charge in [-0.05, 0) is 25.8 Å². The topological polar surface area (TPSA) is 84.2 Å². The maximum Gasteiger partial charge on any atom is 0.307 e. The number of aliphatic carboxylic acids is 1. The molecule has 1 aromatic heterocycles. The van der Waals surface area contributed by atoms with Gasteiger partial charge in [-0.3, -0.25) is 14.3 Å². The van der Waals surface area contributed by atoms with Gasteiger partial charge in [-0.2, -0.15) is 5.10 Å². The van der Waals surface area contributed by atoms with Gasteiger partial charge in [-0.15, -0.1) is 0 Å². The van der Waals surface area contributed by atoms with Crippen LogP contribution in [-0.2, 0) is 22.7 Å². The maximum absolute atomic E-state index is 12.2. The van der Waals surface area contributed by atoms with Gasteiger partial charge in [0.2, 0.25) is 5.91 Å². The fraction of sp³-hybridized carbons (Fsp3) is 0.643. The number of carbonyl (C=O) groups is 2. The number of hydrogen-bond donors (Lipinski definition) is 2. The van der Waals surface area contributed by atoms with Crippen molar-refractivity contribution in [3.8, 4) is 0 Å². The first-order valence-corrected chi connectivity index (χ1v) is 7.14. The molecule has 0 aliphatic heterocycles. The summed E-state index contributed by atoms with van der Waals surface area (Å²) in [5, 5.41) is 16.2. The van der Waals surface area contributed by atoms with Gasteiger partial charge in [0.15, 0.2) is 0 Å². The van der Waals surface area contributed by atoms with Gasteiger partial charge < -0.3 is 10.4 Å². The van der Waals surface area contributed by atoms with Crippen molar-refractivity contribution in [2.75, 3.05) is 0 Å². The highest BCUT2D eigenvalue weighted by Crippen LogP contribution is 2.30. The highest BCUT2D eigenvalue weighted by molar-refractivity contribution is 5.84. The number of carboxylic acids is 1. The molecule has 2 rings (SSSR count). The molecule has 1 aliphatic rings. The Balaban J connectivity index is 1.95. The molecule has 1 aliphatic carbocycles. The molecule has 2 atom stereocenters. The van der Waals surface area contributed by atoms with E-state index in [1.807, 2.05) is 17.7 Å². The fourth-order valence-electron chi connectivity index (χ4n) is 2.84. The Morgan fingerprint density at radius 3 is 2.75 bits per heavy atom. The zero-order valence-corrected chi connectivity index (χ0v) is 11.7. The number of aromatic nitrogens is 2. The molecule has 1 amide bonds. The van der Waals surface area contributed by atoms with E-state index in [1.165, 1.54) is 0 Å². The first kappa shape index (κ1) is 14.6. The molecule has 6 heteroatoms. The Labute approximate surface area is 118 Å². The van der Waals surface area contributed by atoms with Crippen molar-refractivity contribution in [3.05, 3.63) is 18.0 Å². The Hall–Kier alpha value is -1.85. The van der Waals surface area contributed by atoms with Crippen molar-refractivity contribution < 1.29 is 14.7 Å². The van der Waals surface area contributed by atoms with Crippen molar-refractivity contribution in [1.29, 1.82) is 0 Å². The zero-order chi connectivity index (χ0) is 14.5. The summed E-state index contributed by atoms with van der Waals surface area (Å²) in [5.41, 5.74) is 0.934. The lowest BCUT2D eigenvalue weighted by molar-refractivity contribution is -0.148. The molecular weight excluding hydrogens is 258 g/mol. The third-order valence-corrected chi connectivity index (χ3v) is 3.97. The second-order valence-electron chi connectivity index (χ2n) is 5.19. The molecule has 1 fully saturated rings. The summed E-state index contributed by atoms with van der Waals surface area (Å²) in [7, 11) is 0. The highest BCUT2D eigenvalue weighted by atomic mass is 16.4. The fourth-order valence-corrected chi connectivity index (χ4v) is 2.84. The molecule has 1 saturated carbocycles. The van der Waals surface area contributed by atoms with Gasteiger partial charge >= 0.3 is 5.97 Å². The highest BCUT2D eigenvalue weighted by Gasteiger charge is 2.35. The lowest BCUT2D eigenvalue weighted by atomic mass is 9.79. The van der Waals surface area contributed by atoms with E-state index in [1.54, 1.807) is 6.20 Å². The number of carboxylic acid groups (broad SMARTS) is 1. The van der Waals surface area contributed by atoms with Gasteiger partial charge in [0.05, 0.1) is 24.1 Å². The lowest BCUT2D eigenvalue weighted by Gasteiger charge is -2.27. The van der Waals surface area contributed by atoms with E-state index in [0.717, 1.165) is 25.1 Å². The van der Waals surface area contributed by atoms with Crippen LogP contribution in [0.25, 0.3) is 0 Å². The van der Waals surface area contributed by atoms with E-state index in [2.05, 4.69) is 10.4 Å². The number of hydrogen-bond acceptors (Lipinski definition) is 3. The van der Waals surface area contributed by atoms with Gasteiger partial charge in [0, 0.05) is 12.7 Å². The van der Waals surface area contributed by atoms with Crippen LogP contribution in [0.2, 0.25) is 0 Å². The molecule has 0 aromatic carbocycles. The summed E-state index contributed by atoms with van der Waals surface area (Å²) >= 11 is 0. The average molecular weight is 279 g/mol. The largest absolute Gasteiger partial charge is 0.481 e. The summed E-state index contributed by atoms with van der Waals surface area (Å²) in [6.45, 7) is 3.13. The third kappa shape index (κ3) is 3.18. The Bertz CT molecular complexity index is 484. The normalized spacial score (nSPS) is 22.4. The van der Waals surface area contributed by atoms with Crippen LogP contribution in [0, 0.1) is 11.8 Å². The summed E-state index contributed by atoms with van der Waals surface area (Å²) < 4.78 is 1.82. The number of nitrogens with zero attached hydrogens (tertiary/aromatic N) is 2. The van der Waals surface area contributed by atoms with Crippen LogP contribution in [0.1, 0.15) is 38.3 Å². The van der Waals surface area contributed by atoms with E-state index >= 15 is 0 Å². The van der Waals surface area contributed by atoms with E-state index in [-0.39, 0.29) is 5.91 Å². The molecule has 6 nitrogen and oxygen atoms in total. The number of nitrogens with one attached hydrogen (secondary N) is 1. The van der Waals surface area contributed by atoms with E-state index in [4.69, 9.17) is 0 Å². The van der Waals surface area contributed by atoms with Crippen LogP contribution >= 0.6 is 0 Å². The minimum Gasteiger partial charge on any atom is -0.481 e. The number of carbonyl (C=O) groups excluding carboxylic acids is 1. The van der Waals surface area contributed by atoms with Gasteiger partial charge in [-0.1, -0.05) is 12.8 Å². The molecule has 20 heavy (non-hydrogen) atoms. The molecule has 110 valence electrons. The first-order chi connectivity index (χ1) is 9.63. The predicted octanol–water partition coefficient (Wildman–Crippen LogP) is 1.41. The number of aryl methyl sites for hydroxylation is 1. The third-order valence-electron chi connectivity index (χ3n) is 3.97. The first-order valence-electron chi connectivity index (χ1n) is 7.14. The van der Waals surface area contributed by atoms with E-state index in [9.17, 15) is 14.7 Å². The lowest BCUT2D eigenvalue weighted by Crippen LogP contribution is -2.39. The summed E-state index contributed by atoms with van der Waals surface area (Å²) in [5.74, 6) is -1.96. The Kier molecular flexibility index (Phi) is 4.76. The zero-order valence-electron chi connectivity index (χ0n) is 11.7. The monoisotopic (exact) mass is 279 g/mol. The Morgan fingerprint density at radius 1 is 1.40 bits per heavy atom. The number of rotatable bonds is 5. The minimum absolute atomic E-state index is 0.152.